The minimum Gasteiger partial charge on any atom is -0.489 e. The van der Waals surface area contributed by atoms with Crippen LogP contribution in [0.5, 0.6) is 5.75 Å². The molecule has 5 rings (SSSR count). The molecule has 2 aromatic heterocycles. The van der Waals surface area contributed by atoms with Crippen LogP contribution in [0.4, 0.5) is 5.69 Å². The molecule has 0 spiro atoms. The topological polar surface area (TPSA) is 95.0 Å². The van der Waals surface area contributed by atoms with E-state index >= 15 is 0 Å². The molecule has 2 unspecified atom stereocenters. The van der Waals surface area contributed by atoms with E-state index in [-0.39, 0.29) is 17.7 Å². The summed E-state index contributed by atoms with van der Waals surface area (Å²) in [5.74, 6) is 0.861. The summed E-state index contributed by atoms with van der Waals surface area (Å²) in [5.41, 5.74) is 4.53. The number of likely N-dealkylation sites (tertiary alicyclic amines) is 1. The van der Waals surface area contributed by atoms with Crippen LogP contribution in [0.25, 0.3) is 11.8 Å². The van der Waals surface area contributed by atoms with Gasteiger partial charge in [0, 0.05) is 30.9 Å². The van der Waals surface area contributed by atoms with Gasteiger partial charge in [-0.2, -0.15) is 10.2 Å². The maximum absolute atomic E-state index is 12.9. The Hall–Kier alpha value is -2.66. The number of hydrogen-bond acceptors (Lipinski definition) is 9. The minimum absolute atomic E-state index is 0.0949. The smallest absolute Gasteiger partial charge is 0.266 e. The molecule has 2 saturated heterocycles. The van der Waals surface area contributed by atoms with Gasteiger partial charge in [-0.15, -0.1) is 22.7 Å². The highest BCUT2D eigenvalue weighted by Gasteiger charge is 2.22. The van der Waals surface area contributed by atoms with Crippen molar-refractivity contribution in [2.24, 2.45) is 10.2 Å². The van der Waals surface area contributed by atoms with Gasteiger partial charge in [-0.3, -0.25) is 9.78 Å². The van der Waals surface area contributed by atoms with Crippen molar-refractivity contribution in [1.82, 2.24) is 20.2 Å². The molecule has 10 heteroatoms. The molecule has 35 heavy (non-hydrogen) atoms. The van der Waals surface area contributed by atoms with E-state index in [0.29, 0.717) is 9.20 Å². The molecule has 0 amide bonds. The van der Waals surface area contributed by atoms with E-state index in [1.165, 1.54) is 11.3 Å². The maximum Gasteiger partial charge on any atom is 0.266 e. The van der Waals surface area contributed by atoms with E-state index in [9.17, 15) is 4.79 Å². The third-order valence-corrected chi connectivity index (χ3v) is 8.26. The van der Waals surface area contributed by atoms with E-state index in [1.807, 2.05) is 36.8 Å². The predicted molar refractivity (Wildman–Crippen MR) is 141 cm³/mol. The molecular formula is C25H30N6O2S2. The van der Waals surface area contributed by atoms with E-state index in [0.717, 1.165) is 72.8 Å². The van der Waals surface area contributed by atoms with Crippen LogP contribution in [-0.4, -0.2) is 53.7 Å². The van der Waals surface area contributed by atoms with Gasteiger partial charge in [0.05, 0.1) is 22.3 Å². The molecule has 0 aliphatic carbocycles. The summed E-state index contributed by atoms with van der Waals surface area (Å²) in [5, 5.41) is 12.2. The first-order valence-corrected chi connectivity index (χ1v) is 13.7. The molecule has 0 bridgehead atoms. The third kappa shape index (κ3) is 5.78. The molecule has 2 fully saturated rings. The summed E-state index contributed by atoms with van der Waals surface area (Å²) in [4.78, 5) is 23.4. The first-order chi connectivity index (χ1) is 17.1. The standard InChI is InChI=1S/C25H30N6O2S2/c1-16-11-17(33-18-8-10-31(2)14-18)6-7-19(16)30-28-13-22-29-25(32)24(35-22)23(21-12-26-15-34-21)20-5-3-4-9-27-20/h6-7,11-13,15,18,20,27H,3-5,8-10,14H2,1-2H3,(H,29,32). The molecule has 3 aromatic rings. The molecule has 8 nitrogen and oxygen atoms in total. The zero-order chi connectivity index (χ0) is 24.2. The number of thiazole rings is 2. The quantitative estimate of drug-likeness (QED) is 0.497. The summed E-state index contributed by atoms with van der Waals surface area (Å²) in [6.45, 7) is 4.99. The van der Waals surface area contributed by atoms with Crippen molar-refractivity contribution in [2.75, 3.05) is 26.7 Å². The first kappa shape index (κ1) is 24.1. The highest BCUT2D eigenvalue weighted by molar-refractivity contribution is 7.11. The molecule has 2 aliphatic heterocycles. The Labute approximate surface area is 212 Å². The van der Waals surface area contributed by atoms with Gasteiger partial charge in [0.15, 0.2) is 0 Å². The fraction of sp³-hybridized carbons (Fsp3) is 0.440. The minimum atomic E-state index is -0.0949. The molecule has 184 valence electrons. The van der Waals surface area contributed by atoms with Crippen LogP contribution in [0, 0.1) is 6.92 Å². The average molecular weight is 511 g/mol. The molecule has 1 aromatic carbocycles. The van der Waals surface area contributed by atoms with Crippen molar-refractivity contribution in [3.05, 3.63) is 59.9 Å². The zero-order valence-corrected chi connectivity index (χ0v) is 21.6. The summed E-state index contributed by atoms with van der Waals surface area (Å²) >= 11 is 2.99. The second-order valence-electron chi connectivity index (χ2n) is 9.12. The van der Waals surface area contributed by atoms with Crippen LogP contribution >= 0.6 is 22.7 Å². The second kappa shape index (κ2) is 10.9. The number of aromatic amines is 1. The number of likely N-dealkylation sites (N-methyl/N-ethyl adjacent to an activating group) is 1. The maximum atomic E-state index is 12.9. The van der Waals surface area contributed by atoms with Gasteiger partial charge < -0.3 is 19.9 Å². The number of ether oxygens (including phenoxy) is 1. The Bertz CT molecular complexity index is 1360. The third-order valence-electron chi connectivity index (χ3n) is 6.42. The van der Waals surface area contributed by atoms with Crippen molar-refractivity contribution in [1.29, 1.82) is 0 Å². The molecule has 2 aliphatic rings. The summed E-state index contributed by atoms with van der Waals surface area (Å²) in [6, 6.07) is 6.03. The Morgan fingerprint density at radius 3 is 2.94 bits per heavy atom. The fourth-order valence-corrected chi connectivity index (χ4v) is 6.38. The Kier molecular flexibility index (Phi) is 7.52. The highest BCUT2D eigenvalue weighted by Crippen LogP contribution is 2.26. The van der Waals surface area contributed by atoms with Gasteiger partial charge in [0.1, 0.15) is 21.0 Å². The highest BCUT2D eigenvalue weighted by atomic mass is 32.1. The van der Waals surface area contributed by atoms with Crippen molar-refractivity contribution in [3.8, 4) is 5.75 Å². The number of piperidine rings is 1. The normalized spacial score (nSPS) is 22.7. The SMILES string of the molecule is Cc1cc(OC2CCN(C)C2)ccc1N=NC=c1[nH]c(=O)c(=C(c2cncs2)C2CCCCN2)s1. The zero-order valence-electron chi connectivity index (χ0n) is 20.0. The number of aryl methyl sites for hydroxylation is 1. The van der Waals surface area contributed by atoms with E-state index in [2.05, 4.69) is 37.5 Å². The summed E-state index contributed by atoms with van der Waals surface area (Å²) in [7, 11) is 2.11. The monoisotopic (exact) mass is 510 g/mol. The Morgan fingerprint density at radius 2 is 2.23 bits per heavy atom. The lowest BCUT2D eigenvalue weighted by Gasteiger charge is -2.24. The van der Waals surface area contributed by atoms with E-state index < -0.39 is 0 Å². The van der Waals surface area contributed by atoms with Crippen molar-refractivity contribution in [2.45, 2.75) is 44.8 Å². The van der Waals surface area contributed by atoms with E-state index in [1.54, 1.807) is 17.5 Å². The lowest BCUT2D eigenvalue weighted by molar-refractivity contribution is 0.208. The number of benzene rings is 1. The number of rotatable bonds is 6. The molecule has 0 saturated carbocycles. The van der Waals surface area contributed by atoms with Gasteiger partial charge in [-0.25, -0.2) is 0 Å². The first-order valence-electron chi connectivity index (χ1n) is 12.0. The number of H-pyrrole nitrogens is 1. The van der Waals surface area contributed by atoms with Gasteiger partial charge in [0.2, 0.25) is 0 Å². The average Bonchev–Trinajstić information content (AvgIpc) is 3.60. The molecule has 4 heterocycles. The van der Waals surface area contributed by atoms with Gasteiger partial charge >= 0.3 is 0 Å². The lowest BCUT2D eigenvalue weighted by Crippen LogP contribution is -2.39. The van der Waals surface area contributed by atoms with Crippen LogP contribution < -0.4 is 24.8 Å². The molecule has 2 N–H and O–H groups in total. The predicted octanol–water partition coefficient (Wildman–Crippen LogP) is 3.15. The second-order valence-corrected chi connectivity index (χ2v) is 11.1. The largest absolute Gasteiger partial charge is 0.489 e. The van der Waals surface area contributed by atoms with Crippen LogP contribution in [0.15, 0.2) is 44.9 Å². The van der Waals surface area contributed by atoms with Crippen molar-refractivity contribution >= 4 is 40.1 Å². The van der Waals surface area contributed by atoms with Crippen LogP contribution in [0.3, 0.4) is 0 Å². The van der Waals surface area contributed by atoms with Crippen molar-refractivity contribution < 1.29 is 4.74 Å². The van der Waals surface area contributed by atoms with Crippen LogP contribution in [-0.2, 0) is 0 Å². The number of nitrogens with zero attached hydrogens (tertiary/aromatic N) is 4. The molecular weight excluding hydrogens is 480 g/mol. The van der Waals surface area contributed by atoms with Crippen LogP contribution in [0.2, 0.25) is 0 Å². The van der Waals surface area contributed by atoms with Gasteiger partial charge in [-0.05, 0) is 63.5 Å². The Morgan fingerprint density at radius 1 is 1.31 bits per heavy atom. The number of azo groups is 1. The van der Waals surface area contributed by atoms with Gasteiger partial charge in [0.25, 0.3) is 5.56 Å². The molecule has 0 radical (unpaired) electrons. The number of hydrogen-bond donors (Lipinski definition) is 2. The lowest BCUT2D eigenvalue weighted by atomic mass is 9.97. The van der Waals surface area contributed by atoms with Gasteiger partial charge in [-0.1, -0.05) is 6.42 Å². The van der Waals surface area contributed by atoms with E-state index in [4.69, 9.17) is 4.74 Å². The fourth-order valence-electron chi connectivity index (χ4n) is 4.62. The van der Waals surface area contributed by atoms with Crippen LogP contribution in [0.1, 0.15) is 36.1 Å². The number of nitrogens with one attached hydrogen (secondary N) is 2. The summed E-state index contributed by atoms with van der Waals surface area (Å²) < 4.78 is 7.49. The molecule has 2 atom stereocenters. The Balaban J connectivity index is 1.38. The summed E-state index contributed by atoms with van der Waals surface area (Å²) in [6.07, 6.45) is 8.08. The number of aromatic nitrogens is 2. The van der Waals surface area contributed by atoms with Crippen molar-refractivity contribution in [3.63, 3.8) is 0 Å².